The molecule has 1 saturated carbocycles. The number of para-hydroxylation sites is 1. The normalized spacial score (nSPS) is 28.5. The van der Waals surface area contributed by atoms with E-state index >= 15 is 0 Å². The molecule has 3 heterocycles. The molecule has 2 saturated heterocycles. The van der Waals surface area contributed by atoms with Gasteiger partial charge in [0, 0.05) is 24.2 Å². The number of benzene rings is 1. The molecule has 2 aliphatic heterocycles. The van der Waals surface area contributed by atoms with Gasteiger partial charge in [0.05, 0.1) is 5.56 Å². The van der Waals surface area contributed by atoms with Crippen LogP contribution >= 0.6 is 0 Å². The minimum absolute atomic E-state index is 0.446. The molecule has 156 valence electrons. The van der Waals surface area contributed by atoms with Crippen LogP contribution in [0, 0.1) is 0 Å². The Labute approximate surface area is 172 Å². The highest BCUT2D eigenvalue weighted by molar-refractivity contribution is 6.03. The molecule has 0 radical (unpaired) electrons. The van der Waals surface area contributed by atoms with Gasteiger partial charge in [-0.05, 0) is 57.7 Å². The summed E-state index contributed by atoms with van der Waals surface area (Å²) in [4.78, 5) is 21.8. The van der Waals surface area contributed by atoms with E-state index in [1.165, 1.54) is 64.2 Å². The Hall–Kier alpha value is -2.08. The van der Waals surface area contributed by atoms with E-state index in [4.69, 9.17) is 15.1 Å². The molecular formula is C23H32N4O2. The number of fused-ring (bicyclic) bond motifs is 3. The van der Waals surface area contributed by atoms with Gasteiger partial charge in [0.1, 0.15) is 5.52 Å². The zero-order valence-corrected chi connectivity index (χ0v) is 17.3. The summed E-state index contributed by atoms with van der Waals surface area (Å²) in [6.07, 6.45) is 12.5. The van der Waals surface area contributed by atoms with E-state index < -0.39 is 5.91 Å². The molecule has 1 aliphatic carbocycles. The van der Waals surface area contributed by atoms with Crippen LogP contribution in [0.3, 0.4) is 0 Å². The summed E-state index contributed by atoms with van der Waals surface area (Å²) in [5.74, 6) is -0.450. The largest absolute Gasteiger partial charge is 0.423 e. The highest BCUT2D eigenvalue weighted by Gasteiger charge is 2.41. The van der Waals surface area contributed by atoms with Crippen LogP contribution in [0.4, 0.5) is 6.01 Å². The Morgan fingerprint density at radius 2 is 1.79 bits per heavy atom. The molecule has 6 heteroatoms. The number of nitrogens with two attached hydrogens (primary N) is 1. The second kappa shape index (κ2) is 7.63. The van der Waals surface area contributed by atoms with Crippen molar-refractivity contribution in [1.82, 2.24) is 9.88 Å². The lowest BCUT2D eigenvalue weighted by Gasteiger charge is -2.51. The molecule has 1 aromatic heterocycles. The van der Waals surface area contributed by atoms with Crippen molar-refractivity contribution < 1.29 is 9.21 Å². The van der Waals surface area contributed by atoms with E-state index in [1.807, 2.05) is 12.1 Å². The zero-order valence-electron chi connectivity index (χ0n) is 17.3. The summed E-state index contributed by atoms with van der Waals surface area (Å²) >= 11 is 0. The Morgan fingerprint density at radius 3 is 2.48 bits per heavy atom. The number of primary amides is 1. The first-order valence-electron chi connectivity index (χ1n) is 11.3. The SMILES string of the molecule is CN1C2CCCC1CC(N(c1nc3c(C(N)=O)cccc3o1)C1CCCCC1)C2. The van der Waals surface area contributed by atoms with Crippen molar-refractivity contribution in [1.29, 1.82) is 0 Å². The van der Waals surface area contributed by atoms with Crippen LogP contribution in [0.25, 0.3) is 11.1 Å². The van der Waals surface area contributed by atoms with Crippen molar-refractivity contribution in [3.63, 3.8) is 0 Å². The quantitative estimate of drug-likeness (QED) is 0.843. The molecule has 1 aromatic carbocycles. The van der Waals surface area contributed by atoms with Crippen LogP contribution in [-0.2, 0) is 0 Å². The third kappa shape index (κ3) is 3.41. The molecule has 3 fully saturated rings. The maximum absolute atomic E-state index is 11.9. The van der Waals surface area contributed by atoms with Gasteiger partial charge in [0.25, 0.3) is 11.9 Å². The van der Waals surface area contributed by atoms with Crippen LogP contribution in [0.5, 0.6) is 0 Å². The molecule has 2 atom stereocenters. The number of aromatic nitrogens is 1. The monoisotopic (exact) mass is 396 g/mol. The molecule has 3 aliphatic rings. The van der Waals surface area contributed by atoms with Gasteiger partial charge in [0.2, 0.25) is 0 Å². The predicted octanol–water partition coefficient (Wildman–Crippen LogP) is 4.08. The molecule has 2 aromatic rings. The first-order valence-corrected chi connectivity index (χ1v) is 11.3. The number of oxazole rings is 1. The van der Waals surface area contributed by atoms with E-state index in [1.54, 1.807) is 6.07 Å². The third-order valence-corrected chi connectivity index (χ3v) is 7.57. The van der Waals surface area contributed by atoms with Crippen molar-refractivity contribution in [3.8, 4) is 0 Å². The van der Waals surface area contributed by atoms with Gasteiger partial charge in [-0.3, -0.25) is 4.79 Å². The standard InChI is InChI=1S/C23H32N4O2/c1-26-16-9-5-10-17(26)14-18(13-16)27(15-7-3-2-4-8-15)23-25-21-19(22(24)28)11-6-12-20(21)29-23/h6,11-12,15-18H,2-5,7-10,13-14H2,1H3,(H2,24,28). The highest BCUT2D eigenvalue weighted by atomic mass is 16.4. The van der Waals surface area contributed by atoms with E-state index in [2.05, 4.69) is 16.8 Å². The fraction of sp³-hybridized carbons (Fsp3) is 0.652. The maximum Gasteiger partial charge on any atom is 0.298 e. The van der Waals surface area contributed by atoms with Crippen molar-refractivity contribution in [2.24, 2.45) is 5.73 Å². The Balaban J connectivity index is 1.53. The van der Waals surface area contributed by atoms with Gasteiger partial charge in [-0.25, -0.2) is 0 Å². The summed E-state index contributed by atoms with van der Waals surface area (Å²) in [7, 11) is 2.30. The Kier molecular flexibility index (Phi) is 4.98. The number of carbonyl (C=O) groups excluding carboxylic acids is 1. The minimum atomic E-state index is -0.450. The van der Waals surface area contributed by atoms with Gasteiger partial charge in [-0.1, -0.05) is 31.7 Å². The number of carbonyl (C=O) groups is 1. The number of rotatable bonds is 4. The van der Waals surface area contributed by atoms with E-state index in [0.29, 0.717) is 46.8 Å². The average molecular weight is 397 g/mol. The summed E-state index contributed by atoms with van der Waals surface area (Å²) in [6.45, 7) is 0. The smallest absolute Gasteiger partial charge is 0.298 e. The first kappa shape index (κ1) is 18.9. The number of hydrogen-bond acceptors (Lipinski definition) is 5. The Morgan fingerprint density at radius 1 is 1.07 bits per heavy atom. The first-order chi connectivity index (χ1) is 14.1. The lowest BCUT2D eigenvalue weighted by atomic mass is 9.80. The van der Waals surface area contributed by atoms with Crippen molar-refractivity contribution in [2.45, 2.75) is 88.4 Å². The fourth-order valence-electron chi connectivity index (χ4n) is 6.03. The van der Waals surface area contributed by atoms with Gasteiger partial charge in [-0.15, -0.1) is 0 Å². The second-order valence-corrected chi connectivity index (χ2v) is 9.24. The highest BCUT2D eigenvalue weighted by Crippen LogP contribution is 2.40. The average Bonchev–Trinajstić information content (AvgIpc) is 3.13. The fourth-order valence-corrected chi connectivity index (χ4v) is 6.03. The van der Waals surface area contributed by atoms with E-state index in [-0.39, 0.29) is 0 Å². The van der Waals surface area contributed by atoms with Crippen molar-refractivity contribution in [3.05, 3.63) is 23.8 Å². The molecule has 2 N–H and O–H groups in total. The summed E-state index contributed by atoms with van der Waals surface area (Å²) in [6, 6.07) is 8.38. The molecule has 5 rings (SSSR count). The molecule has 2 unspecified atom stereocenters. The van der Waals surface area contributed by atoms with E-state index in [9.17, 15) is 4.79 Å². The number of amides is 1. The van der Waals surface area contributed by atoms with Crippen molar-refractivity contribution in [2.75, 3.05) is 11.9 Å². The van der Waals surface area contributed by atoms with Gasteiger partial charge < -0.3 is 20.0 Å². The molecule has 29 heavy (non-hydrogen) atoms. The van der Waals surface area contributed by atoms with Crippen LogP contribution in [-0.4, -0.2) is 47.0 Å². The maximum atomic E-state index is 11.9. The third-order valence-electron chi connectivity index (χ3n) is 7.57. The van der Waals surface area contributed by atoms with Gasteiger partial charge in [-0.2, -0.15) is 4.98 Å². The van der Waals surface area contributed by atoms with Crippen LogP contribution in [0.2, 0.25) is 0 Å². The summed E-state index contributed by atoms with van der Waals surface area (Å²) in [5.41, 5.74) is 7.29. The minimum Gasteiger partial charge on any atom is -0.423 e. The lowest BCUT2D eigenvalue weighted by Crippen LogP contribution is -2.57. The topological polar surface area (TPSA) is 75.6 Å². The lowest BCUT2D eigenvalue weighted by molar-refractivity contribution is 0.0513. The number of nitrogens with zero attached hydrogens (tertiary/aromatic N) is 3. The molecular weight excluding hydrogens is 364 g/mol. The van der Waals surface area contributed by atoms with Gasteiger partial charge >= 0.3 is 0 Å². The second-order valence-electron chi connectivity index (χ2n) is 9.24. The predicted molar refractivity (Wildman–Crippen MR) is 114 cm³/mol. The van der Waals surface area contributed by atoms with E-state index in [0.717, 1.165) is 0 Å². The number of piperidine rings is 2. The van der Waals surface area contributed by atoms with Crippen LogP contribution in [0.15, 0.2) is 22.6 Å². The molecule has 0 spiro atoms. The number of anilines is 1. The number of hydrogen-bond donors (Lipinski definition) is 1. The van der Waals surface area contributed by atoms with Crippen molar-refractivity contribution >= 4 is 23.0 Å². The van der Waals surface area contributed by atoms with Gasteiger partial charge in [0.15, 0.2) is 5.58 Å². The zero-order chi connectivity index (χ0) is 20.0. The summed E-state index contributed by atoms with van der Waals surface area (Å²) in [5, 5.41) is 0. The molecule has 1 amide bonds. The van der Waals surface area contributed by atoms with Crippen LogP contribution < -0.4 is 10.6 Å². The summed E-state index contributed by atoms with van der Waals surface area (Å²) < 4.78 is 6.27. The Bertz CT molecular complexity index is 874. The molecule has 6 nitrogen and oxygen atoms in total. The molecule has 2 bridgehead atoms. The van der Waals surface area contributed by atoms with Crippen LogP contribution in [0.1, 0.15) is 74.6 Å².